The van der Waals surface area contributed by atoms with E-state index in [-0.39, 0.29) is 25.0 Å². The maximum absolute atomic E-state index is 13.1. The number of H-pyrrole nitrogens is 1. The maximum Gasteiger partial charge on any atom is 0.325 e. The number of rotatable bonds is 13. The number of nitrogens with one attached hydrogen (secondary N) is 4. The summed E-state index contributed by atoms with van der Waals surface area (Å²) in [4.78, 5) is 63.3. The molecule has 0 aliphatic rings. The van der Waals surface area contributed by atoms with Gasteiger partial charge in [0.2, 0.25) is 23.6 Å². The van der Waals surface area contributed by atoms with Gasteiger partial charge >= 0.3 is 5.97 Å². The fourth-order valence-corrected chi connectivity index (χ4v) is 3.54. The van der Waals surface area contributed by atoms with Crippen LogP contribution in [0.15, 0.2) is 30.5 Å². The number of hydrogen-bond acceptors (Lipinski definition) is 7. The predicted octanol–water partition coefficient (Wildman–Crippen LogP) is -1.21. The minimum atomic E-state index is -1.24. The Morgan fingerprint density at radius 3 is 2.29 bits per heavy atom. The Hall–Kier alpha value is -3.58. The third kappa shape index (κ3) is 8.00. The molecule has 0 saturated carbocycles. The van der Waals surface area contributed by atoms with Crippen LogP contribution in [0.2, 0.25) is 0 Å². The van der Waals surface area contributed by atoms with E-state index in [1.54, 1.807) is 6.20 Å². The Morgan fingerprint density at radius 2 is 1.66 bits per heavy atom. The Morgan fingerprint density at radius 1 is 1.03 bits per heavy atom. The van der Waals surface area contributed by atoms with Gasteiger partial charge in [0.05, 0.1) is 6.04 Å². The molecule has 0 aliphatic carbocycles. The molecule has 0 spiro atoms. The van der Waals surface area contributed by atoms with Crippen LogP contribution in [-0.2, 0) is 30.4 Å². The van der Waals surface area contributed by atoms with Crippen molar-refractivity contribution in [2.45, 2.75) is 50.4 Å². The average molecular weight is 507 g/mol. The van der Waals surface area contributed by atoms with Gasteiger partial charge in [0.25, 0.3) is 0 Å². The first-order chi connectivity index (χ1) is 16.5. The molecular formula is C22H30N6O6S. The Kier molecular flexibility index (Phi) is 10.1. The lowest BCUT2D eigenvalue weighted by Crippen LogP contribution is -2.58. The van der Waals surface area contributed by atoms with Gasteiger partial charge in [-0.05, 0) is 25.0 Å². The highest BCUT2D eigenvalue weighted by molar-refractivity contribution is 7.80. The summed E-state index contributed by atoms with van der Waals surface area (Å²) in [5.41, 5.74) is 12.5. The summed E-state index contributed by atoms with van der Waals surface area (Å²) in [5.74, 6) is -4.06. The highest BCUT2D eigenvalue weighted by atomic mass is 32.1. The van der Waals surface area contributed by atoms with E-state index in [1.807, 2.05) is 24.3 Å². The number of fused-ring (bicyclic) bond motifs is 1. The van der Waals surface area contributed by atoms with Crippen molar-refractivity contribution in [2.75, 3.05) is 5.75 Å². The van der Waals surface area contributed by atoms with E-state index < -0.39 is 53.8 Å². The van der Waals surface area contributed by atoms with Crippen LogP contribution in [0.25, 0.3) is 10.9 Å². The number of benzene rings is 1. The second-order valence-corrected chi connectivity index (χ2v) is 8.41. The van der Waals surface area contributed by atoms with Crippen LogP contribution in [0, 0.1) is 0 Å². The number of para-hydroxylation sites is 1. The number of amides is 4. The van der Waals surface area contributed by atoms with Gasteiger partial charge in [0, 0.05) is 35.7 Å². The molecule has 4 atom stereocenters. The third-order valence-corrected chi connectivity index (χ3v) is 5.68. The first-order valence-electron chi connectivity index (χ1n) is 10.9. The third-order valence-electron chi connectivity index (χ3n) is 5.32. The Balaban J connectivity index is 2.21. The Labute approximate surface area is 207 Å². The minimum absolute atomic E-state index is 0.00264. The largest absolute Gasteiger partial charge is 0.480 e. The molecule has 0 aliphatic heterocycles. The lowest BCUT2D eigenvalue weighted by atomic mass is 10.0. The number of aliphatic carboxylic acids is 1. The smallest absolute Gasteiger partial charge is 0.325 e. The van der Waals surface area contributed by atoms with Crippen molar-refractivity contribution in [2.24, 2.45) is 11.5 Å². The number of nitrogens with two attached hydrogens (primary N) is 2. The van der Waals surface area contributed by atoms with Gasteiger partial charge in [-0.25, -0.2) is 0 Å². The zero-order chi connectivity index (χ0) is 26.1. The lowest BCUT2D eigenvalue weighted by molar-refractivity contribution is -0.141. The maximum atomic E-state index is 13.1. The van der Waals surface area contributed by atoms with Crippen molar-refractivity contribution in [3.63, 3.8) is 0 Å². The van der Waals surface area contributed by atoms with Gasteiger partial charge in [0.15, 0.2) is 0 Å². The fraction of sp³-hybridized carbons (Fsp3) is 0.409. The summed E-state index contributed by atoms with van der Waals surface area (Å²) in [6.07, 6.45) is 1.67. The number of primary amides is 1. The SMILES string of the molecule is CC(NC(=O)C(CS)NC(=O)C(Cc1c[nH]c2ccccc12)NC(=O)C(N)CCC(N)=O)C(=O)O. The molecule has 9 N–H and O–H groups in total. The fourth-order valence-electron chi connectivity index (χ4n) is 3.28. The van der Waals surface area contributed by atoms with Gasteiger partial charge in [-0.15, -0.1) is 0 Å². The molecule has 1 aromatic carbocycles. The van der Waals surface area contributed by atoms with E-state index >= 15 is 0 Å². The molecule has 4 amide bonds. The van der Waals surface area contributed by atoms with Crippen molar-refractivity contribution in [1.82, 2.24) is 20.9 Å². The van der Waals surface area contributed by atoms with Crippen LogP contribution in [0.3, 0.4) is 0 Å². The summed E-state index contributed by atoms with van der Waals surface area (Å²) < 4.78 is 0. The molecule has 35 heavy (non-hydrogen) atoms. The molecule has 4 unspecified atom stereocenters. The zero-order valence-electron chi connectivity index (χ0n) is 19.1. The molecule has 2 aromatic rings. The van der Waals surface area contributed by atoms with Gasteiger partial charge in [-0.1, -0.05) is 18.2 Å². The van der Waals surface area contributed by atoms with Gasteiger partial charge in [-0.2, -0.15) is 12.6 Å². The van der Waals surface area contributed by atoms with Crippen LogP contribution in [0.4, 0.5) is 0 Å². The van der Waals surface area contributed by atoms with E-state index in [4.69, 9.17) is 16.6 Å². The second kappa shape index (κ2) is 12.8. The van der Waals surface area contributed by atoms with Gasteiger partial charge in [-0.3, -0.25) is 24.0 Å². The molecule has 0 radical (unpaired) electrons. The molecule has 0 saturated heterocycles. The molecule has 2 rings (SSSR count). The van der Waals surface area contributed by atoms with Crippen LogP contribution < -0.4 is 27.4 Å². The average Bonchev–Trinajstić information content (AvgIpc) is 3.22. The number of hydrogen-bond donors (Lipinski definition) is 8. The summed E-state index contributed by atoms with van der Waals surface area (Å²) in [6.45, 7) is 1.28. The summed E-state index contributed by atoms with van der Waals surface area (Å²) in [5, 5.41) is 17.2. The number of carbonyl (C=O) groups excluding carboxylic acids is 4. The number of aromatic amines is 1. The van der Waals surface area contributed by atoms with Gasteiger partial charge < -0.3 is 37.5 Å². The molecule has 1 heterocycles. The second-order valence-electron chi connectivity index (χ2n) is 8.05. The lowest BCUT2D eigenvalue weighted by Gasteiger charge is -2.24. The van der Waals surface area contributed by atoms with Crippen LogP contribution in [0.5, 0.6) is 0 Å². The highest BCUT2D eigenvalue weighted by Crippen LogP contribution is 2.19. The first kappa shape index (κ1) is 27.7. The Bertz CT molecular complexity index is 1090. The zero-order valence-corrected chi connectivity index (χ0v) is 20.0. The molecule has 190 valence electrons. The van der Waals surface area contributed by atoms with Crippen molar-refractivity contribution in [3.05, 3.63) is 36.0 Å². The van der Waals surface area contributed by atoms with E-state index in [2.05, 4.69) is 33.6 Å². The summed E-state index contributed by atoms with van der Waals surface area (Å²) in [7, 11) is 0. The molecule has 13 heteroatoms. The number of carbonyl (C=O) groups is 5. The van der Waals surface area contributed by atoms with Crippen LogP contribution in [0.1, 0.15) is 25.3 Å². The van der Waals surface area contributed by atoms with E-state index in [0.717, 1.165) is 16.5 Å². The van der Waals surface area contributed by atoms with Gasteiger partial charge in [0.1, 0.15) is 18.1 Å². The van der Waals surface area contributed by atoms with E-state index in [1.165, 1.54) is 6.92 Å². The standard InChI is InChI=1S/C22H30N6O6S/c1-11(22(33)34)26-21(32)17(10-35)28-20(31)16(27-19(30)14(23)6-7-18(24)29)8-12-9-25-15-5-3-2-4-13(12)15/h2-5,9,11,14,16-17,25,35H,6-8,10,23H2,1H3,(H2,24,29)(H,26,32)(H,27,30)(H,28,31)(H,33,34). The van der Waals surface area contributed by atoms with Crippen molar-refractivity contribution in [3.8, 4) is 0 Å². The normalized spacial score (nSPS) is 14.4. The monoisotopic (exact) mass is 506 g/mol. The summed E-state index contributed by atoms with van der Waals surface area (Å²) in [6, 6.07) is 2.85. The van der Waals surface area contributed by atoms with Crippen molar-refractivity contribution < 1.29 is 29.1 Å². The van der Waals surface area contributed by atoms with E-state index in [0.29, 0.717) is 0 Å². The predicted molar refractivity (Wildman–Crippen MR) is 131 cm³/mol. The van der Waals surface area contributed by atoms with Crippen LogP contribution in [-0.4, -0.2) is 69.6 Å². The minimum Gasteiger partial charge on any atom is -0.480 e. The number of carboxylic acid groups (broad SMARTS) is 1. The molecule has 1 aromatic heterocycles. The highest BCUT2D eigenvalue weighted by Gasteiger charge is 2.29. The number of carboxylic acids is 1. The van der Waals surface area contributed by atoms with E-state index in [9.17, 15) is 24.0 Å². The topological polar surface area (TPSA) is 210 Å². The number of thiol groups is 1. The first-order valence-corrected chi connectivity index (χ1v) is 11.5. The van der Waals surface area contributed by atoms with Crippen molar-refractivity contribution in [1.29, 1.82) is 0 Å². The number of aromatic nitrogens is 1. The summed E-state index contributed by atoms with van der Waals surface area (Å²) >= 11 is 4.08. The molecular weight excluding hydrogens is 476 g/mol. The quantitative estimate of drug-likeness (QED) is 0.155. The molecule has 12 nitrogen and oxygen atoms in total. The molecule has 0 fully saturated rings. The van der Waals surface area contributed by atoms with Crippen LogP contribution >= 0.6 is 12.6 Å². The molecule has 0 bridgehead atoms. The van der Waals surface area contributed by atoms with Crippen molar-refractivity contribution >= 4 is 53.1 Å².